The highest BCUT2D eigenvalue weighted by Gasteiger charge is 2.01. The van der Waals surface area contributed by atoms with E-state index >= 15 is 0 Å². The van der Waals surface area contributed by atoms with Crippen molar-refractivity contribution in [2.24, 2.45) is 10.9 Å². The number of guanidine groups is 1. The molecule has 0 aromatic carbocycles. The molecule has 0 amide bonds. The van der Waals surface area contributed by atoms with Gasteiger partial charge in [-0.3, -0.25) is 0 Å². The van der Waals surface area contributed by atoms with Crippen molar-refractivity contribution in [2.45, 2.75) is 53.5 Å². The second kappa shape index (κ2) is 9.75. The number of aromatic nitrogens is 1. The second-order valence-electron chi connectivity index (χ2n) is 5.23. The molecule has 0 saturated carbocycles. The molecule has 1 aromatic heterocycles. The molecule has 1 heterocycles. The topological polar surface area (TPSA) is 49.3 Å². The lowest BCUT2D eigenvalue weighted by molar-refractivity contribution is 0.549. The van der Waals surface area contributed by atoms with Gasteiger partial charge in [-0.25, -0.2) is 9.98 Å². The number of hydrogen-bond acceptors (Lipinski definition) is 3. The maximum Gasteiger partial charge on any atom is 0.191 e. The molecule has 0 atom stereocenters. The van der Waals surface area contributed by atoms with Gasteiger partial charge >= 0.3 is 0 Å². The van der Waals surface area contributed by atoms with Crippen molar-refractivity contribution in [3.05, 3.63) is 16.1 Å². The van der Waals surface area contributed by atoms with E-state index in [4.69, 9.17) is 0 Å². The summed E-state index contributed by atoms with van der Waals surface area (Å²) in [6, 6.07) is 0. The summed E-state index contributed by atoms with van der Waals surface area (Å²) in [6.45, 7) is 11.3. The Labute approximate surface area is 127 Å². The SMILES string of the molecule is CCNC(=NCc1ncc(CC)s1)NCCCC(C)C. The van der Waals surface area contributed by atoms with Gasteiger partial charge in [-0.1, -0.05) is 20.8 Å². The predicted octanol–water partition coefficient (Wildman–Crippen LogP) is 3.20. The first-order valence-corrected chi connectivity index (χ1v) is 8.43. The number of nitrogens with one attached hydrogen (secondary N) is 2. The van der Waals surface area contributed by atoms with E-state index < -0.39 is 0 Å². The van der Waals surface area contributed by atoms with Gasteiger partial charge in [-0.15, -0.1) is 11.3 Å². The van der Waals surface area contributed by atoms with Gasteiger partial charge in [0.05, 0.1) is 6.54 Å². The van der Waals surface area contributed by atoms with E-state index in [0.717, 1.165) is 36.4 Å². The Bertz CT molecular complexity index is 398. The van der Waals surface area contributed by atoms with Crippen molar-refractivity contribution in [1.29, 1.82) is 0 Å². The van der Waals surface area contributed by atoms with Crippen molar-refractivity contribution in [2.75, 3.05) is 13.1 Å². The molecule has 0 radical (unpaired) electrons. The van der Waals surface area contributed by atoms with Gasteiger partial charge in [0.25, 0.3) is 0 Å². The van der Waals surface area contributed by atoms with Gasteiger partial charge in [-0.2, -0.15) is 0 Å². The molecular weight excluding hydrogens is 268 g/mol. The molecule has 2 N–H and O–H groups in total. The van der Waals surface area contributed by atoms with Crippen molar-refractivity contribution < 1.29 is 0 Å². The Hall–Kier alpha value is -1.10. The molecule has 5 heteroatoms. The Morgan fingerprint density at radius 2 is 2.15 bits per heavy atom. The molecule has 0 spiro atoms. The number of nitrogens with zero attached hydrogens (tertiary/aromatic N) is 2. The highest BCUT2D eigenvalue weighted by atomic mass is 32.1. The van der Waals surface area contributed by atoms with Gasteiger partial charge < -0.3 is 10.6 Å². The molecule has 114 valence electrons. The van der Waals surface area contributed by atoms with Crippen molar-refractivity contribution in [3.63, 3.8) is 0 Å². The lowest BCUT2D eigenvalue weighted by atomic mass is 10.1. The lowest BCUT2D eigenvalue weighted by Crippen LogP contribution is -2.37. The number of aliphatic imine (C=N–C) groups is 1. The van der Waals surface area contributed by atoms with Gasteiger partial charge in [0.1, 0.15) is 5.01 Å². The highest BCUT2D eigenvalue weighted by Crippen LogP contribution is 2.13. The number of hydrogen-bond donors (Lipinski definition) is 2. The Kier molecular flexibility index (Phi) is 8.26. The predicted molar refractivity (Wildman–Crippen MR) is 88.4 cm³/mol. The summed E-state index contributed by atoms with van der Waals surface area (Å²) in [5.74, 6) is 1.66. The summed E-state index contributed by atoms with van der Waals surface area (Å²) in [4.78, 5) is 10.3. The van der Waals surface area contributed by atoms with Crippen LogP contribution in [0, 0.1) is 5.92 Å². The number of aryl methyl sites for hydroxylation is 1. The molecule has 0 aliphatic heterocycles. The van der Waals surface area contributed by atoms with Gasteiger partial charge in [0.15, 0.2) is 5.96 Å². The van der Waals surface area contributed by atoms with Crippen LogP contribution in [0.15, 0.2) is 11.2 Å². The zero-order valence-electron chi connectivity index (χ0n) is 13.2. The van der Waals surface area contributed by atoms with Crippen LogP contribution in [0.2, 0.25) is 0 Å². The zero-order chi connectivity index (χ0) is 14.8. The molecule has 1 rings (SSSR count). The lowest BCUT2D eigenvalue weighted by Gasteiger charge is -2.11. The van der Waals surface area contributed by atoms with Crippen LogP contribution in [-0.4, -0.2) is 24.0 Å². The summed E-state index contributed by atoms with van der Waals surface area (Å²) in [5, 5.41) is 7.74. The van der Waals surface area contributed by atoms with E-state index in [9.17, 15) is 0 Å². The van der Waals surface area contributed by atoms with E-state index in [1.165, 1.54) is 17.7 Å². The zero-order valence-corrected chi connectivity index (χ0v) is 14.0. The normalized spacial score (nSPS) is 11.9. The maximum absolute atomic E-state index is 4.59. The summed E-state index contributed by atoms with van der Waals surface area (Å²) < 4.78 is 0. The summed E-state index contributed by atoms with van der Waals surface area (Å²) in [5.41, 5.74) is 0. The monoisotopic (exact) mass is 296 g/mol. The van der Waals surface area contributed by atoms with E-state index in [-0.39, 0.29) is 0 Å². The third-order valence-corrected chi connectivity index (χ3v) is 4.04. The minimum atomic E-state index is 0.657. The first-order valence-electron chi connectivity index (χ1n) is 7.61. The molecule has 20 heavy (non-hydrogen) atoms. The number of thiazole rings is 1. The highest BCUT2D eigenvalue weighted by molar-refractivity contribution is 7.11. The quantitative estimate of drug-likeness (QED) is 0.440. The van der Waals surface area contributed by atoms with Crippen molar-refractivity contribution in [3.8, 4) is 0 Å². The van der Waals surface area contributed by atoms with E-state index in [0.29, 0.717) is 6.54 Å². The van der Waals surface area contributed by atoms with Crippen LogP contribution >= 0.6 is 11.3 Å². The number of rotatable bonds is 8. The van der Waals surface area contributed by atoms with Crippen LogP contribution in [0.4, 0.5) is 0 Å². The third-order valence-electron chi connectivity index (χ3n) is 2.92. The summed E-state index contributed by atoms with van der Waals surface area (Å²) >= 11 is 1.75. The minimum absolute atomic E-state index is 0.657. The first-order chi connectivity index (χ1) is 9.65. The van der Waals surface area contributed by atoms with Gasteiger partial charge in [-0.05, 0) is 32.1 Å². The summed E-state index contributed by atoms with van der Waals surface area (Å²) in [7, 11) is 0. The minimum Gasteiger partial charge on any atom is -0.357 e. The van der Waals surface area contributed by atoms with Crippen LogP contribution in [0.1, 0.15) is 50.4 Å². The average Bonchev–Trinajstić information content (AvgIpc) is 2.88. The fourth-order valence-corrected chi connectivity index (χ4v) is 2.58. The van der Waals surface area contributed by atoms with Crippen LogP contribution in [-0.2, 0) is 13.0 Å². The third kappa shape index (κ3) is 6.89. The fraction of sp³-hybridized carbons (Fsp3) is 0.733. The van der Waals surface area contributed by atoms with Gasteiger partial charge in [0.2, 0.25) is 0 Å². The Balaban J connectivity index is 2.41. The van der Waals surface area contributed by atoms with E-state index in [2.05, 4.69) is 48.3 Å². The average molecular weight is 296 g/mol. The standard InChI is InChI=1S/C15H28N4S/c1-5-13-10-18-14(20-13)11-19-15(16-6-2)17-9-7-8-12(3)4/h10,12H,5-9,11H2,1-4H3,(H2,16,17,19). The molecule has 0 fully saturated rings. The Morgan fingerprint density at radius 3 is 2.75 bits per heavy atom. The molecular formula is C15H28N4S. The maximum atomic E-state index is 4.59. The molecule has 0 aliphatic carbocycles. The van der Waals surface area contributed by atoms with Crippen molar-refractivity contribution >= 4 is 17.3 Å². The molecule has 4 nitrogen and oxygen atoms in total. The smallest absolute Gasteiger partial charge is 0.191 e. The second-order valence-corrected chi connectivity index (χ2v) is 6.43. The molecule has 0 bridgehead atoms. The van der Waals surface area contributed by atoms with Crippen LogP contribution in [0.3, 0.4) is 0 Å². The van der Waals surface area contributed by atoms with Gasteiger partial charge in [0, 0.05) is 24.2 Å². The largest absolute Gasteiger partial charge is 0.357 e. The molecule has 0 unspecified atom stereocenters. The fourth-order valence-electron chi connectivity index (χ4n) is 1.79. The van der Waals surface area contributed by atoms with Crippen LogP contribution in [0.25, 0.3) is 0 Å². The Morgan fingerprint density at radius 1 is 1.35 bits per heavy atom. The molecule has 1 aromatic rings. The van der Waals surface area contributed by atoms with Crippen molar-refractivity contribution in [1.82, 2.24) is 15.6 Å². The van der Waals surface area contributed by atoms with Crippen LogP contribution < -0.4 is 10.6 Å². The van der Waals surface area contributed by atoms with E-state index in [1.54, 1.807) is 11.3 Å². The summed E-state index contributed by atoms with van der Waals surface area (Å²) in [6.07, 6.45) is 5.44. The van der Waals surface area contributed by atoms with Crippen LogP contribution in [0.5, 0.6) is 0 Å². The van der Waals surface area contributed by atoms with E-state index in [1.807, 2.05) is 6.20 Å². The first kappa shape index (κ1) is 17.0. The molecule has 0 aliphatic rings. The molecule has 0 saturated heterocycles.